The van der Waals surface area contributed by atoms with Gasteiger partial charge in [0.15, 0.2) is 17.3 Å². The van der Waals surface area contributed by atoms with Crippen LogP contribution in [0.25, 0.3) is 0 Å². The van der Waals surface area contributed by atoms with Crippen molar-refractivity contribution in [3.63, 3.8) is 0 Å². The number of carbonyl (C=O) groups is 2. The van der Waals surface area contributed by atoms with E-state index >= 15 is 0 Å². The van der Waals surface area contributed by atoms with Crippen molar-refractivity contribution in [3.05, 3.63) is 53.6 Å². The lowest BCUT2D eigenvalue weighted by Gasteiger charge is -2.31. The van der Waals surface area contributed by atoms with Crippen molar-refractivity contribution in [3.8, 4) is 11.5 Å². The van der Waals surface area contributed by atoms with Crippen LogP contribution in [0.15, 0.2) is 42.5 Å². The second-order valence-electron chi connectivity index (χ2n) is 7.74. The number of Topliss-reactive ketones (excluding diaryl/α,β-unsaturated/α-hetero) is 1. The quantitative estimate of drug-likeness (QED) is 0.711. The van der Waals surface area contributed by atoms with Gasteiger partial charge in [0.2, 0.25) is 10.0 Å². The fraction of sp³-hybridized carbons (Fsp3) is 0.364. The van der Waals surface area contributed by atoms with Crippen LogP contribution >= 0.6 is 0 Å². The maximum atomic E-state index is 12.9. The zero-order valence-corrected chi connectivity index (χ0v) is 18.0. The number of benzene rings is 2. The molecule has 0 saturated carbocycles. The number of anilines is 1. The Labute approximate surface area is 181 Å². The lowest BCUT2D eigenvalue weighted by Crippen LogP contribution is -2.40. The number of amides is 1. The lowest BCUT2D eigenvalue weighted by atomic mass is 9.88. The fourth-order valence-electron chi connectivity index (χ4n) is 3.85. The second kappa shape index (κ2) is 8.58. The molecule has 9 heteroatoms. The summed E-state index contributed by atoms with van der Waals surface area (Å²) in [5, 5.41) is 0. The van der Waals surface area contributed by atoms with Crippen molar-refractivity contribution in [1.82, 2.24) is 4.90 Å². The molecule has 0 bridgehead atoms. The van der Waals surface area contributed by atoms with Gasteiger partial charge in [-0.3, -0.25) is 14.3 Å². The van der Waals surface area contributed by atoms with Gasteiger partial charge in [-0.15, -0.1) is 0 Å². The maximum Gasteiger partial charge on any atom is 0.253 e. The third kappa shape index (κ3) is 4.99. The summed E-state index contributed by atoms with van der Waals surface area (Å²) in [5.74, 6) is 1.03. The molecule has 2 aliphatic rings. The first-order valence-electron chi connectivity index (χ1n) is 10.1. The third-order valence-corrected chi connectivity index (χ3v) is 6.02. The van der Waals surface area contributed by atoms with Gasteiger partial charge in [0, 0.05) is 35.8 Å². The first-order valence-corrected chi connectivity index (χ1v) is 12.0. The fourth-order valence-corrected chi connectivity index (χ4v) is 4.42. The Balaban J connectivity index is 1.36. The average Bonchev–Trinajstić information content (AvgIpc) is 2.77. The van der Waals surface area contributed by atoms with E-state index in [1.165, 1.54) is 0 Å². The van der Waals surface area contributed by atoms with E-state index in [4.69, 9.17) is 9.47 Å². The summed E-state index contributed by atoms with van der Waals surface area (Å²) in [5.41, 5.74) is 1.49. The average molecular weight is 445 g/mol. The molecule has 2 aliphatic heterocycles. The van der Waals surface area contributed by atoms with Gasteiger partial charge in [0.1, 0.15) is 13.2 Å². The van der Waals surface area contributed by atoms with Gasteiger partial charge in [-0.1, -0.05) is 0 Å². The largest absolute Gasteiger partial charge is 0.486 e. The van der Waals surface area contributed by atoms with E-state index in [0.29, 0.717) is 67.5 Å². The van der Waals surface area contributed by atoms with Gasteiger partial charge in [0.25, 0.3) is 5.91 Å². The third-order valence-electron chi connectivity index (χ3n) is 5.41. The summed E-state index contributed by atoms with van der Waals surface area (Å²) in [6, 6.07) is 11.6. The number of piperidine rings is 1. The molecule has 2 aromatic rings. The Morgan fingerprint density at radius 2 is 1.55 bits per heavy atom. The molecule has 1 fully saturated rings. The van der Waals surface area contributed by atoms with Gasteiger partial charge in [-0.05, 0) is 55.3 Å². The number of nitrogens with one attached hydrogen (secondary N) is 1. The van der Waals surface area contributed by atoms with Crippen LogP contribution in [-0.4, -0.2) is 57.6 Å². The topological polar surface area (TPSA) is 102 Å². The second-order valence-corrected chi connectivity index (χ2v) is 9.49. The van der Waals surface area contributed by atoms with Crippen LogP contribution in [0.2, 0.25) is 0 Å². The van der Waals surface area contributed by atoms with E-state index < -0.39 is 10.0 Å². The Morgan fingerprint density at radius 3 is 2.19 bits per heavy atom. The minimum atomic E-state index is -3.37. The van der Waals surface area contributed by atoms with Crippen LogP contribution in [0, 0.1) is 5.92 Å². The molecular weight excluding hydrogens is 420 g/mol. The van der Waals surface area contributed by atoms with Crippen LogP contribution in [-0.2, 0) is 10.0 Å². The molecule has 0 atom stereocenters. The SMILES string of the molecule is CS(=O)(=O)Nc1ccc(C(=O)N2CCC(C(=O)c3ccc4c(c3)OCCO4)CC2)cc1. The van der Waals surface area contributed by atoms with Gasteiger partial charge in [0.05, 0.1) is 6.26 Å². The van der Waals surface area contributed by atoms with Crippen molar-refractivity contribution in [2.45, 2.75) is 12.8 Å². The summed E-state index contributed by atoms with van der Waals surface area (Å²) in [6.45, 7) is 1.95. The van der Waals surface area contributed by atoms with E-state index in [9.17, 15) is 18.0 Å². The number of ketones is 1. The van der Waals surface area contributed by atoms with Crippen molar-refractivity contribution in [2.24, 2.45) is 5.92 Å². The number of hydrogen-bond donors (Lipinski definition) is 1. The highest BCUT2D eigenvalue weighted by atomic mass is 32.2. The highest BCUT2D eigenvalue weighted by molar-refractivity contribution is 7.92. The molecule has 0 radical (unpaired) electrons. The number of hydrogen-bond acceptors (Lipinski definition) is 6. The van der Waals surface area contributed by atoms with E-state index in [-0.39, 0.29) is 17.6 Å². The van der Waals surface area contributed by atoms with Crippen LogP contribution in [0.3, 0.4) is 0 Å². The maximum absolute atomic E-state index is 12.9. The first-order chi connectivity index (χ1) is 14.8. The van der Waals surface area contributed by atoms with Crippen LogP contribution < -0.4 is 14.2 Å². The van der Waals surface area contributed by atoms with Crippen LogP contribution in [0.4, 0.5) is 5.69 Å². The Bertz CT molecular complexity index is 1090. The standard InChI is InChI=1S/C22H24N2O6S/c1-31(27,28)23-18-5-2-16(3-6-18)22(26)24-10-8-15(9-11-24)21(25)17-4-7-19-20(14-17)30-13-12-29-19/h2-7,14-15,23H,8-13H2,1H3. The molecule has 164 valence electrons. The molecule has 1 N–H and O–H groups in total. The van der Waals surface area contributed by atoms with Crippen molar-refractivity contribution >= 4 is 27.4 Å². The monoisotopic (exact) mass is 444 g/mol. The number of carbonyl (C=O) groups excluding carboxylic acids is 2. The Hall–Kier alpha value is -3.07. The number of nitrogens with zero attached hydrogens (tertiary/aromatic N) is 1. The molecule has 0 aliphatic carbocycles. The zero-order valence-electron chi connectivity index (χ0n) is 17.2. The van der Waals surface area contributed by atoms with Gasteiger partial charge in [-0.25, -0.2) is 8.42 Å². The molecule has 8 nitrogen and oxygen atoms in total. The zero-order chi connectivity index (χ0) is 22.0. The summed E-state index contributed by atoms with van der Waals surface area (Å²) in [4.78, 5) is 27.4. The summed E-state index contributed by atoms with van der Waals surface area (Å²) in [6.07, 6.45) is 2.25. The normalized spacial score (nSPS) is 16.6. The molecule has 4 rings (SSSR count). The van der Waals surface area contributed by atoms with Gasteiger partial charge >= 0.3 is 0 Å². The molecule has 2 aromatic carbocycles. The predicted octanol–water partition coefficient (Wildman–Crippen LogP) is 2.56. The molecule has 0 unspecified atom stereocenters. The highest BCUT2D eigenvalue weighted by Gasteiger charge is 2.29. The predicted molar refractivity (Wildman–Crippen MR) is 115 cm³/mol. The Morgan fingerprint density at radius 1 is 0.935 bits per heavy atom. The molecule has 2 heterocycles. The molecule has 31 heavy (non-hydrogen) atoms. The molecule has 1 amide bonds. The van der Waals surface area contributed by atoms with Crippen molar-refractivity contribution in [2.75, 3.05) is 37.3 Å². The van der Waals surface area contributed by atoms with E-state index in [2.05, 4.69) is 4.72 Å². The lowest BCUT2D eigenvalue weighted by molar-refractivity contribution is 0.0650. The minimum absolute atomic E-state index is 0.0558. The highest BCUT2D eigenvalue weighted by Crippen LogP contribution is 2.32. The van der Waals surface area contributed by atoms with E-state index in [1.807, 2.05) is 0 Å². The van der Waals surface area contributed by atoms with Gasteiger partial charge in [-0.2, -0.15) is 0 Å². The molecule has 0 spiro atoms. The van der Waals surface area contributed by atoms with Gasteiger partial charge < -0.3 is 14.4 Å². The van der Waals surface area contributed by atoms with Crippen molar-refractivity contribution in [1.29, 1.82) is 0 Å². The number of likely N-dealkylation sites (tertiary alicyclic amines) is 1. The molecule has 1 saturated heterocycles. The van der Waals surface area contributed by atoms with Crippen molar-refractivity contribution < 1.29 is 27.5 Å². The number of sulfonamides is 1. The van der Waals surface area contributed by atoms with Crippen LogP contribution in [0.5, 0.6) is 11.5 Å². The number of ether oxygens (including phenoxy) is 2. The minimum Gasteiger partial charge on any atom is -0.486 e. The summed E-state index contributed by atoms with van der Waals surface area (Å²) >= 11 is 0. The molecular formula is C22H24N2O6S. The van der Waals surface area contributed by atoms with E-state index in [0.717, 1.165) is 6.26 Å². The number of rotatable bonds is 5. The van der Waals surface area contributed by atoms with E-state index in [1.54, 1.807) is 47.4 Å². The first kappa shape index (κ1) is 21.2. The smallest absolute Gasteiger partial charge is 0.253 e. The molecule has 0 aromatic heterocycles. The summed E-state index contributed by atoms with van der Waals surface area (Å²) in [7, 11) is -3.37. The Kier molecular flexibility index (Phi) is 5.86. The summed E-state index contributed by atoms with van der Waals surface area (Å²) < 4.78 is 36.0. The number of fused-ring (bicyclic) bond motifs is 1. The van der Waals surface area contributed by atoms with Crippen LogP contribution in [0.1, 0.15) is 33.6 Å².